The maximum atomic E-state index is 10.6. The Hall–Kier alpha value is -1.28. The van der Waals surface area contributed by atoms with Crippen LogP contribution in [0, 0.1) is 0 Å². The van der Waals surface area contributed by atoms with Gasteiger partial charge in [0.2, 0.25) is 5.91 Å². The molecular weight excluding hydrogens is 240 g/mol. The molecular formula is C10H16N4O2S. The number of carbonyl (C=O) groups excluding carboxylic acids is 1. The van der Waals surface area contributed by atoms with Gasteiger partial charge in [0.25, 0.3) is 0 Å². The fourth-order valence-corrected chi connectivity index (χ4v) is 2.24. The molecule has 17 heavy (non-hydrogen) atoms. The first-order valence-corrected chi connectivity index (χ1v) is 5.72. The summed E-state index contributed by atoms with van der Waals surface area (Å²) in [6.07, 6.45) is 0. The number of nitrogens with one attached hydrogen (secondary N) is 1. The van der Waals surface area contributed by atoms with Gasteiger partial charge < -0.3 is 17.2 Å². The summed E-state index contributed by atoms with van der Waals surface area (Å²) in [5, 5.41) is 3.28. The minimum absolute atomic E-state index is 0. The van der Waals surface area contributed by atoms with E-state index in [4.69, 9.17) is 10.6 Å². The molecule has 1 aliphatic rings. The normalized spacial score (nSPS) is 15.1. The number of hydroxylamine groups is 1. The molecule has 0 saturated heterocycles. The average molecular weight is 256 g/mol. The smallest absolute Gasteiger partial charge is 0.245 e. The number of nitrogens with zero attached hydrogens (tertiary/aromatic N) is 1. The number of benzene rings is 1. The fraction of sp³-hybridized carbons (Fsp3) is 0.300. The van der Waals surface area contributed by atoms with Gasteiger partial charge in [-0.05, 0) is 24.1 Å². The van der Waals surface area contributed by atoms with E-state index in [-0.39, 0.29) is 12.8 Å². The molecule has 1 aromatic rings. The van der Waals surface area contributed by atoms with E-state index in [1.807, 2.05) is 24.3 Å². The van der Waals surface area contributed by atoms with Crippen molar-refractivity contribution in [2.75, 3.05) is 25.0 Å². The van der Waals surface area contributed by atoms with Gasteiger partial charge >= 0.3 is 0 Å². The number of rotatable bonds is 3. The predicted molar refractivity (Wildman–Crippen MR) is 67.7 cm³/mol. The third kappa shape index (κ3) is 3.90. The quantitative estimate of drug-likeness (QED) is 0.697. The van der Waals surface area contributed by atoms with Crippen LogP contribution in [-0.2, 0) is 9.63 Å². The highest BCUT2D eigenvalue weighted by molar-refractivity contribution is 7.97. The molecule has 1 aromatic carbocycles. The Morgan fingerprint density at radius 3 is 3.06 bits per heavy atom. The Bertz CT molecular complexity index is 388. The van der Waals surface area contributed by atoms with Crippen LogP contribution in [-0.4, -0.2) is 30.1 Å². The lowest BCUT2D eigenvalue weighted by Crippen LogP contribution is -2.27. The van der Waals surface area contributed by atoms with Crippen LogP contribution in [0.5, 0.6) is 0 Å². The van der Waals surface area contributed by atoms with E-state index in [0.29, 0.717) is 6.54 Å². The molecule has 0 radical (unpaired) electrons. The van der Waals surface area contributed by atoms with Gasteiger partial charge in [0, 0.05) is 17.1 Å². The molecule has 0 aliphatic carbocycles. The Balaban J connectivity index is 0.00000144. The zero-order valence-electron chi connectivity index (χ0n) is 9.39. The summed E-state index contributed by atoms with van der Waals surface area (Å²) in [5.74, 6) is -0.467. The van der Waals surface area contributed by atoms with Gasteiger partial charge in [-0.1, -0.05) is 12.1 Å². The van der Waals surface area contributed by atoms with Crippen molar-refractivity contribution >= 4 is 23.5 Å². The van der Waals surface area contributed by atoms with Crippen molar-refractivity contribution in [1.29, 1.82) is 0 Å². The van der Waals surface area contributed by atoms with Crippen molar-refractivity contribution in [3.05, 3.63) is 24.3 Å². The second-order valence-electron chi connectivity index (χ2n) is 3.31. The van der Waals surface area contributed by atoms with E-state index in [1.165, 1.54) is 11.9 Å². The molecule has 0 fully saturated rings. The van der Waals surface area contributed by atoms with E-state index in [0.717, 1.165) is 17.1 Å². The van der Waals surface area contributed by atoms with E-state index < -0.39 is 5.91 Å². The number of fused-ring (bicyclic) bond motifs is 1. The summed E-state index contributed by atoms with van der Waals surface area (Å²) in [4.78, 5) is 17.0. The Kier molecular flexibility index (Phi) is 5.23. The molecule has 1 heterocycles. The molecule has 0 aromatic heterocycles. The monoisotopic (exact) mass is 256 g/mol. The predicted octanol–water partition coefficient (Wildman–Crippen LogP) is 1.00. The highest BCUT2D eigenvalue weighted by Gasteiger charge is 2.15. The topological polar surface area (TPSA) is 103 Å². The first kappa shape index (κ1) is 13.8. The molecule has 6 N–H and O–H groups in total. The van der Waals surface area contributed by atoms with E-state index in [2.05, 4.69) is 5.32 Å². The Morgan fingerprint density at radius 1 is 1.53 bits per heavy atom. The lowest BCUT2D eigenvalue weighted by atomic mass is 10.3. The van der Waals surface area contributed by atoms with Crippen LogP contribution < -0.4 is 17.2 Å². The molecule has 0 unspecified atom stereocenters. The molecule has 2 rings (SSSR count). The summed E-state index contributed by atoms with van der Waals surface area (Å²) in [6, 6.07) is 7.95. The van der Waals surface area contributed by atoms with Crippen molar-refractivity contribution in [3.8, 4) is 0 Å². The highest BCUT2D eigenvalue weighted by atomic mass is 32.2. The zero-order chi connectivity index (χ0) is 11.4. The second kappa shape index (κ2) is 6.45. The van der Waals surface area contributed by atoms with Crippen molar-refractivity contribution < 1.29 is 9.63 Å². The van der Waals surface area contributed by atoms with Crippen molar-refractivity contribution in [1.82, 2.24) is 10.6 Å². The van der Waals surface area contributed by atoms with Crippen LogP contribution in [0.15, 0.2) is 29.2 Å². The Morgan fingerprint density at radius 2 is 2.29 bits per heavy atom. The minimum atomic E-state index is -0.467. The summed E-state index contributed by atoms with van der Waals surface area (Å²) >= 11 is 1.46. The van der Waals surface area contributed by atoms with Crippen LogP contribution in [0.4, 0.5) is 5.69 Å². The van der Waals surface area contributed by atoms with Crippen LogP contribution in [0.25, 0.3) is 0 Å². The number of amides is 1. The molecule has 7 heteroatoms. The van der Waals surface area contributed by atoms with Gasteiger partial charge in [0.15, 0.2) is 0 Å². The first-order chi connectivity index (χ1) is 7.75. The summed E-state index contributed by atoms with van der Waals surface area (Å²) in [7, 11) is 0. The second-order valence-corrected chi connectivity index (χ2v) is 4.34. The van der Waals surface area contributed by atoms with Crippen LogP contribution in [0.2, 0.25) is 0 Å². The number of primary amides is 1. The third-order valence-electron chi connectivity index (χ3n) is 2.05. The third-order valence-corrected chi connectivity index (χ3v) is 3.09. The first-order valence-electron chi connectivity index (χ1n) is 4.95. The highest BCUT2D eigenvalue weighted by Crippen LogP contribution is 2.31. The largest absolute Gasteiger partial charge is 0.383 e. The van der Waals surface area contributed by atoms with Crippen molar-refractivity contribution in [2.24, 2.45) is 5.73 Å². The minimum Gasteiger partial charge on any atom is -0.383 e. The SMILES string of the molecule is N.NC(=O)CON1CCNc2ccccc2S1. The summed E-state index contributed by atoms with van der Waals surface area (Å²) < 4.78 is 1.67. The molecule has 94 valence electrons. The number of hydrogen-bond acceptors (Lipinski definition) is 6. The number of carbonyl (C=O) groups is 1. The maximum Gasteiger partial charge on any atom is 0.245 e. The molecule has 1 amide bonds. The van der Waals surface area contributed by atoms with E-state index >= 15 is 0 Å². The maximum absolute atomic E-state index is 10.6. The van der Waals surface area contributed by atoms with Crippen molar-refractivity contribution in [2.45, 2.75) is 4.90 Å². The molecule has 6 nitrogen and oxygen atoms in total. The van der Waals surface area contributed by atoms with Gasteiger partial charge in [-0.2, -0.15) is 0 Å². The molecule has 0 bridgehead atoms. The lowest BCUT2D eigenvalue weighted by Gasteiger charge is -2.16. The number of nitrogens with two attached hydrogens (primary N) is 1. The van der Waals surface area contributed by atoms with E-state index in [9.17, 15) is 4.79 Å². The van der Waals surface area contributed by atoms with E-state index in [1.54, 1.807) is 4.47 Å². The van der Waals surface area contributed by atoms with Gasteiger partial charge in [0.1, 0.15) is 6.61 Å². The molecule has 0 saturated carbocycles. The standard InChI is InChI=1S/C10H13N3O2S.H3N/c11-10(14)7-15-13-6-5-12-8-3-1-2-4-9(8)16-13;/h1-4,12H,5-7H2,(H2,11,14);1H3. The van der Waals surface area contributed by atoms with Gasteiger partial charge in [-0.25, -0.2) is 0 Å². The number of para-hydroxylation sites is 1. The molecule has 0 spiro atoms. The number of hydrogen-bond donors (Lipinski definition) is 3. The zero-order valence-corrected chi connectivity index (χ0v) is 10.2. The van der Waals surface area contributed by atoms with Gasteiger partial charge in [0.05, 0.1) is 6.54 Å². The summed E-state index contributed by atoms with van der Waals surface area (Å²) in [5.41, 5.74) is 6.11. The van der Waals surface area contributed by atoms with Crippen molar-refractivity contribution in [3.63, 3.8) is 0 Å². The molecule has 0 atom stereocenters. The summed E-state index contributed by atoms with van der Waals surface area (Å²) in [6.45, 7) is 1.37. The Labute approximate surface area is 104 Å². The van der Waals surface area contributed by atoms with Crippen LogP contribution in [0.1, 0.15) is 0 Å². The average Bonchev–Trinajstić information content (AvgIpc) is 2.47. The molecule has 1 aliphatic heterocycles. The van der Waals surface area contributed by atoms with Crippen LogP contribution in [0.3, 0.4) is 0 Å². The van der Waals surface area contributed by atoms with Gasteiger partial charge in [-0.3, -0.25) is 9.63 Å². The lowest BCUT2D eigenvalue weighted by molar-refractivity contribution is -0.135. The van der Waals surface area contributed by atoms with Gasteiger partial charge in [-0.15, -0.1) is 4.47 Å². The fourth-order valence-electron chi connectivity index (χ4n) is 1.36. The number of anilines is 1. The van der Waals surface area contributed by atoms with Crippen LogP contribution >= 0.6 is 11.9 Å².